The van der Waals surface area contributed by atoms with Gasteiger partial charge in [-0.3, -0.25) is 0 Å². The van der Waals surface area contributed by atoms with Gasteiger partial charge in [-0.1, -0.05) is 12.4 Å². The highest BCUT2D eigenvalue weighted by molar-refractivity contribution is 7.98. The Kier molecular flexibility index (Phi) is 3.66. The fraction of sp³-hybridized carbons (Fsp3) is 0.333. The Bertz CT molecular complexity index is 263. The molecule has 0 radical (unpaired) electrons. The molecule has 12 heavy (non-hydrogen) atoms. The van der Waals surface area contributed by atoms with Crippen molar-refractivity contribution in [2.45, 2.75) is 17.6 Å². The van der Waals surface area contributed by atoms with Crippen LogP contribution in [0.1, 0.15) is 5.56 Å². The number of hydrogen-bond acceptors (Lipinski definition) is 1. The van der Waals surface area contributed by atoms with Gasteiger partial charge in [0.25, 0.3) is 0 Å². The van der Waals surface area contributed by atoms with E-state index in [-0.39, 0.29) is 5.82 Å². The smallest absolute Gasteiger partial charge is 0.137 e. The zero-order valence-electron chi connectivity index (χ0n) is 7.43. The summed E-state index contributed by atoms with van der Waals surface area (Å²) in [6, 6.07) is 5.48. The molecule has 0 saturated heterocycles. The minimum absolute atomic E-state index is 0.0894. The van der Waals surface area contributed by atoms with Crippen molar-refractivity contribution in [1.29, 1.82) is 0 Å². The van der Waals surface area contributed by atoms with Crippen LogP contribution in [0.3, 0.4) is 0 Å². The van der Waals surface area contributed by atoms with Crippen molar-refractivity contribution >= 4 is 19.6 Å². The molecule has 1 aromatic carbocycles. The van der Waals surface area contributed by atoms with Crippen molar-refractivity contribution in [1.82, 2.24) is 0 Å². The van der Waals surface area contributed by atoms with Gasteiger partial charge in [-0.15, -0.1) is 11.8 Å². The summed E-state index contributed by atoms with van der Waals surface area (Å²) < 4.78 is 13.2. The topological polar surface area (TPSA) is 0 Å². The van der Waals surface area contributed by atoms with Crippen LogP contribution in [0.15, 0.2) is 23.1 Å². The second-order valence-corrected chi connectivity index (χ2v) is 3.57. The van der Waals surface area contributed by atoms with E-state index in [1.165, 1.54) is 11.8 Å². The molecule has 3 heteroatoms. The number of benzene rings is 1. The van der Waals surface area contributed by atoms with Gasteiger partial charge in [0.15, 0.2) is 0 Å². The fourth-order valence-electron chi connectivity index (χ4n) is 1.15. The fourth-order valence-corrected chi connectivity index (χ4v) is 1.61. The van der Waals surface area contributed by atoms with Crippen LogP contribution in [0.5, 0.6) is 0 Å². The second kappa shape index (κ2) is 4.56. The highest BCUT2D eigenvalue weighted by Gasteiger charge is 2.00. The molecule has 0 atom stereocenters. The first-order chi connectivity index (χ1) is 5.77. The summed E-state index contributed by atoms with van der Waals surface area (Å²) in [4.78, 5) is 0.731. The molecule has 0 bridgehead atoms. The maximum absolute atomic E-state index is 13.2. The maximum atomic E-state index is 13.2. The molecule has 64 valence electrons. The number of halogens is 1. The van der Waals surface area contributed by atoms with Crippen LogP contribution < -0.4 is 0 Å². The molecule has 0 amide bonds. The summed E-state index contributed by atoms with van der Waals surface area (Å²) in [7, 11) is 2.10. The molecule has 0 aliphatic carbocycles. The Balaban J connectivity index is 2.86. The first kappa shape index (κ1) is 9.65. The third-order valence-electron chi connectivity index (χ3n) is 1.75. The summed E-state index contributed by atoms with van der Waals surface area (Å²) >= 11 is 1.45. The molecule has 0 aromatic heterocycles. The van der Waals surface area contributed by atoms with Crippen LogP contribution >= 0.6 is 11.8 Å². The normalized spacial score (nSPS) is 10.2. The van der Waals surface area contributed by atoms with Crippen molar-refractivity contribution in [3.63, 3.8) is 0 Å². The van der Waals surface area contributed by atoms with E-state index in [0.717, 1.165) is 23.2 Å². The average Bonchev–Trinajstić information content (AvgIpc) is 2.05. The van der Waals surface area contributed by atoms with Gasteiger partial charge in [0.2, 0.25) is 0 Å². The largest absolute Gasteiger partial charge is 0.206 e. The summed E-state index contributed by atoms with van der Waals surface area (Å²) in [5, 5.41) is 0. The summed E-state index contributed by atoms with van der Waals surface area (Å²) in [6.45, 7) is 0. The van der Waals surface area contributed by atoms with Gasteiger partial charge in [-0.05, 0) is 30.4 Å². The Morgan fingerprint density at radius 1 is 1.50 bits per heavy atom. The zero-order valence-corrected chi connectivity index (χ0v) is 8.25. The average molecular weight is 182 g/mol. The lowest BCUT2D eigenvalue weighted by atomic mass is 9.97. The first-order valence-corrected chi connectivity index (χ1v) is 5.32. The zero-order chi connectivity index (χ0) is 8.97. The van der Waals surface area contributed by atoms with Gasteiger partial charge in [0.05, 0.1) is 0 Å². The molecule has 0 unspecified atom stereocenters. The predicted octanol–water partition coefficient (Wildman–Crippen LogP) is 2.14. The van der Waals surface area contributed by atoms with E-state index in [1.807, 2.05) is 18.4 Å². The summed E-state index contributed by atoms with van der Waals surface area (Å²) in [6.07, 6.45) is 3.92. The molecule has 1 aromatic rings. The van der Waals surface area contributed by atoms with E-state index in [0.29, 0.717) is 0 Å². The molecule has 0 N–H and O–H groups in total. The predicted molar refractivity (Wildman–Crippen MR) is 55.2 cm³/mol. The van der Waals surface area contributed by atoms with Crippen molar-refractivity contribution in [2.75, 3.05) is 6.26 Å². The van der Waals surface area contributed by atoms with Gasteiger partial charge in [0.1, 0.15) is 13.7 Å². The van der Waals surface area contributed by atoms with E-state index in [2.05, 4.69) is 7.85 Å². The first-order valence-electron chi connectivity index (χ1n) is 4.10. The molecular weight excluding hydrogens is 170 g/mol. The van der Waals surface area contributed by atoms with Crippen LogP contribution in [-0.4, -0.2) is 14.1 Å². The molecule has 0 nitrogen and oxygen atoms in total. The van der Waals surface area contributed by atoms with E-state index < -0.39 is 0 Å². The lowest BCUT2D eigenvalue weighted by Gasteiger charge is -2.02. The maximum Gasteiger partial charge on any atom is 0.137 e. The Labute approximate surface area is 78.0 Å². The second-order valence-electron chi connectivity index (χ2n) is 2.72. The van der Waals surface area contributed by atoms with E-state index in [1.54, 1.807) is 6.07 Å². The molecule has 0 saturated carbocycles. The van der Waals surface area contributed by atoms with Crippen LogP contribution in [-0.2, 0) is 6.42 Å². The molecule has 0 aliphatic heterocycles. The monoisotopic (exact) mass is 182 g/mol. The number of thioether (sulfide) groups is 1. The number of aryl methyl sites for hydroxylation is 1. The lowest BCUT2D eigenvalue weighted by molar-refractivity contribution is 0.600. The van der Waals surface area contributed by atoms with Crippen molar-refractivity contribution in [3.8, 4) is 0 Å². The van der Waals surface area contributed by atoms with E-state index in [9.17, 15) is 4.39 Å². The Morgan fingerprint density at radius 2 is 2.25 bits per heavy atom. The summed E-state index contributed by atoms with van der Waals surface area (Å²) in [5.41, 5.74) is 1.09. The van der Waals surface area contributed by atoms with Gasteiger partial charge in [-0.25, -0.2) is 4.39 Å². The molecular formula is C9H12BFS. The molecule has 0 spiro atoms. The van der Waals surface area contributed by atoms with Crippen LogP contribution in [0.4, 0.5) is 4.39 Å². The van der Waals surface area contributed by atoms with Gasteiger partial charge in [-0.2, -0.15) is 0 Å². The third-order valence-corrected chi connectivity index (χ3v) is 2.53. The Morgan fingerprint density at radius 3 is 2.75 bits per heavy atom. The van der Waals surface area contributed by atoms with Gasteiger partial charge >= 0.3 is 0 Å². The highest BCUT2D eigenvalue weighted by atomic mass is 32.2. The van der Waals surface area contributed by atoms with E-state index in [4.69, 9.17) is 0 Å². The van der Waals surface area contributed by atoms with E-state index >= 15 is 0 Å². The third kappa shape index (κ3) is 2.27. The van der Waals surface area contributed by atoms with Crippen molar-refractivity contribution in [3.05, 3.63) is 29.6 Å². The Hall–Kier alpha value is -0.435. The number of hydrogen-bond donors (Lipinski definition) is 0. The lowest BCUT2D eigenvalue weighted by Crippen LogP contribution is -1.87. The molecule has 0 fully saturated rings. The SMILES string of the molecule is BCCc1ccc(SC)c(F)c1. The molecule has 0 aliphatic rings. The van der Waals surface area contributed by atoms with Gasteiger partial charge < -0.3 is 0 Å². The van der Waals surface area contributed by atoms with Crippen LogP contribution in [0, 0.1) is 5.82 Å². The quantitative estimate of drug-likeness (QED) is 0.509. The molecule has 1 rings (SSSR count). The standard InChI is InChI=1S/C9H12BFS/c1-12-9-3-2-7(4-5-10)6-8(9)11/h2-3,6H,4-5,10H2,1H3. The number of rotatable bonds is 3. The van der Waals surface area contributed by atoms with Crippen molar-refractivity contribution in [2.24, 2.45) is 0 Å². The molecule has 0 heterocycles. The minimum atomic E-state index is -0.0894. The highest BCUT2D eigenvalue weighted by Crippen LogP contribution is 2.20. The van der Waals surface area contributed by atoms with Gasteiger partial charge in [0, 0.05) is 4.90 Å². The summed E-state index contributed by atoms with van der Waals surface area (Å²) in [5.74, 6) is -0.0894. The van der Waals surface area contributed by atoms with Crippen LogP contribution in [0.25, 0.3) is 0 Å². The van der Waals surface area contributed by atoms with Crippen molar-refractivity contribution < 1.29 is 4.39 Å². The van der Waals surface area contributed by atoms with Crippen LogP contribution in [0.2, 0.25) is 6.32 Å². The minimum Gasteiger partial charge on any atom is -0.206 e.